The molecule has 0 N–H and O–H groups in total. The molecule has 0 aliphatic rings. The molecule has 70 valence electrons. The molecule has 0 heterocycles. The van der Waals surface area contributed by atoms with Gasteiger partial charge in [0.1, 0.15) is 0 Å². The third kappa shape index (κ3) is 3.24. The molecule has 0 fully saturated rings. The second-order valence-electron chi connectivity index (χ2n) is 2.38. The first-order valence-electron chi connectivity index (χ1n) is 3.61. The van der Waals surface area contributed by atoms with Gasteiger partial charge in [0.2, 0.25) is 0 Å². The maximum Gasteiger partial charge on any atom is 0.269 e. The van der Waals surface area contributed by atoms with E-state index in [1.807, 2.05) is 0 Å². The van der Waals surface area contributed by atoms with Gasteiger partial charge in [-0.05, 0) is 5.56 Å². The van der Waals surface area contributed by atoms with Crippen molar-refractivity contribution in [3.8, 4) is 0 Å². The lowest BCUT2D eigenvalue weighted by Gasteiger charge is -1.97. The van der Waals surface area contributed by atoms with E-state index in [0.29, 0.717) is 5.21 Å². The number of hydrogen-bond acceptors (Lipinski definition) is 3. The molecule has 0 amide bonds. The molecule has 1 aromatic carbocycles. The fraction of sp³-hybridized carbons (Fsp3) is 0.250. The van der Waals surface area contributed by atoms with E-state index in [0.717, 1.165) is 11.3 Å². The zero-order valence-corrected chi connectivity index (χ0v) is 8.35. The summed E-state index contributed by atoms with van der Waals surface area (Å²) < 4.78 is 0. The Morgan fingerprint density at radius 2 is 2.00 bits per heavy atom. The van der Waals surface area contributed by atoms with Gasteiger partial charge in [0.15, 0.2) is 0 Å². The number of benzene rings is 1. The second-order valence-corrected chi connectivity index (χ2v) is 3.95. The zero-order chi connectivity index (χ0) is 9.68. The van der Waals surface area contributed by atoms with Crippen molar-refractivity contribution in [1.29, 1.82) is 0 Å². The first kappa shape index (κ1) is 10.3. The minimum Gasteiger partial charge on any atom is -0.258 e. The van der Waals surface area contributed by atoms with Gasteiger partial charge in [-0.15, -0.1) is 23.4 Å². The molecule has 1 rings (SSSR count). The van der Waals surface area contributed by atoms with Gasteiger partial charge in [-0.3, -0.25) is 10.1 Å². The standard InChI is InChI=1S/C8H8ClNO2S/c9-6-13-5-7-1-3-8(4-2-7)10(11)12/h1-4H,5-6H2. The third-order valence-electron chi connectivity index (χ3n) is 1.49. The number of nitrogens with zero attached hydrogens (tertiary/aromatic N) is 1. The van der Waals surface area contributed by atoms with E-state index in [2.05, 4.69) is 0 Å². The summed E-state index contributed by atoms with van der Waals surface area (Å²) in [5.74, 6) is 0.793. The van der Waals surface area contributed by atoms with E-state index in [-0.39, 0.29) is 5.69 Å². The van der Waals surface area contributed by atoms with Gasteiger partial charge in [-0.1, -0.05) is 12.1 Å². The van der Waals surface area contributed by atoms with Gasteiger partial charge in [0.25, 0.3) is 5.69 Å². The number of hydrogen-bond donors (Lipinski definition) is 0. The molecule has 0 bridgehead atoms. The summed E-state index contributed by atoms with van der Waals surface area (Å²) in [4.78, 5) is 9.90. The Kier molecular flexibility index (Phi) is 4.05. The largest absolute Gasteiger partial charge is 0.269 e. The lowest BCUT2D eigenvalue weighted by Crippen LogP contribution is -1.88. The van der Waals surface area contributed by atoms with Crippen LogP contribution in [-0.4, -0.2) is 10.1 Å². The first-order chi connectivity index (χ1) is 6.24. The van der Waals surface area contributed by atoms with Crippen molar-refractivity contribution in [2.45, 2.75) is 5.75 Å². The van der Waals surface area contributed by atoms with Crippen LogP contribution in [0, 0.1) is 10.1 Å². The summed E-state index contributed by atoms with van der Waals surface area (Å²) in [7, 11) is 0. The highest BCUT2D eigenvalue weighted by Crippen LogP contribution is 2.16. The van der Waals surface area contributed by atoms with Crippen LogP contribution in [0.5, 0.6) is 0 Å². The average molecular weight is 218 g/mol. The normalized spacial score (nSPS) is 9.92. The second kappa shape index (κ2) is 5.09. The number of nitro groups is 1. The van der Waals surface area contributed by atoms with Crippen LogP contribution in [0.4, 0.5) is 5.69 Å². The van der Waals surface area contributed by atoms with Crippen LogP contribution >= 0.6 is 23.4 Å². The van der Waals surface area contributed by atoms with E-state index in [9.17, 15) is 10.1 Å². The molecule has 0 aliphatic heterocycles. The van der Waals surface area contributed by atoms with Crippen molar-refractivity contribution in [3.05, 3.63) is 39.9 Å². The number of thioether (sulfide) groups is 1. The van der Waals surface area contributed by atoms with Gasteiger partial charge in [0, 0.05) is 17.9 Å². The number of alkyl halides is 1. The molecule has 0 spiro atoms. The molecule has 0 atom stereocenters. The van der Waals surface area contributed by atoms with Crippen LogP contribution in [0.15, 0.2) is 24.3 Å². The Morgan fingerprint density at radius 3 is 2.46 bits per heavy atom. The van der Waals surface area contributed by atoms with Gasteiger partial charge < -0.3 is 0 Å². The maximum atomic E-state index is 10.3. The highest BCUT2D eigenvalue weighted by atomic mass is 35.5. The average Bonchev–Trinajstić information content (AvgIpc) is 2.15. The molecule has 0 aliphatic carbocycles. The van der Waals surface area contributed by atoms with Gasteiger partial charge >= 0.3 is 0 Å². The quantitative estimate of drug-likeness (QED) is 0.442. The Bertz CT molecular complexity index is 289. The smallest absolute Gasteiger partial charge is 0.258 e. The van der Waals surface area contributed by atoms with Crippen molar-refractivity contribution < 1.29 is 4.92 Å². The minimum atomic E-state index is -0.404. The topological polar surface area (TPSA) is 43.1 Å². The highest BCUT2D eigenvalue weighted by Gasteiger charge is 2.03. The predicted octanol–water partition coefficient (Wildman–Crippen LogP) is 3.02. The highest BCUT2D eigenvalue weighted by molar-refractivity contribution is 7.99. The first-order valence-corrected chi connectivity index (χ1v) is 5.30. The summed E-state index contributed by atoms with van der Waals surface area (Å²) >= 11 is 7.06. The molecule has 0 aromatic heterocycles. The van der Waals surface area contributed by atoms with Crippen LogP contribution in [-0.2, 0) is 5.75 Å². The summed E-state index contributed by atoms with van der Waals surface area (Å²) in [6.07, 6.45) is 0. The fourth-order valence-corrected chi connectivity index (χ4v) is 1.61. The molecule has 0 unspecified atom stereocenters. The molecule has 0 saturated heterocycles. The van der Waals surface area contributed by atoms with Crippen LogP contribution in [0.2, 0.25) is 0 Å². The zero-order valence-electron chi connectivity index (χ0n) is 6.77. The van der Waals surface area contributed by atoms with E-state index in [4.69, 9.17) is 11.6 Å². The van der Waals surface area contributed by atoms with Gasteiger partial charge in [-0.2, -0.15) is 0 Å². The summed E-state index contributed by atoms with van der Waals surface area (Å²) in [6, 6.07) is 6.50. The summed E-state index contributed by atoms with van der Waals surface area (Å²) in [5.41, 5.74) is 1.18. The lowest BCUT2D eigenvalue weighted by atomic mass is 10.2. The third-order valence-corrected chi connectivity index (χ3v) is 2.65. The molecule has 5 heteroatoms. The minimum absolute atomic E-state index is 0.125. The fourth-order valence-electron chi connectivity index (χ4n) is 0.870. The monoisotopic (exact) mass is 217 g/mol. The van der Waals surface area contributed by atoms with Crippen molar-refractivity contribution >= 4 is 29.1 Å². The molecular weight excluding hydrogens is 210 g/mol. The van der Waals surface area contributed by atoms with Crippen molar-refractivity contribution in [3.63, 3.8) is 0 Å². The van der Waals surface area contributed by atoms with Crippen LogP contribution in [0.25, 0.3) is 0 Å². The number of non-ortho nitro benzene ring substituents is 1. The Labute approximate surface area is 85.2 Å². The van der Waals surface area contributed by atoms with Crippen LogP contribution in [0.1, 0.15) is 5.56 Å². The van der Waals surface area contributed by atoms with Crippen molar-refractivity contribution in [2.24, 2.45) is 0 Å². The van der Waals surface area contributed by atoms with Crippen LogP contribution < -0.4 is 0 Å². The number of halogens is 1. The molecule has 1 aromatic rings. The molecule has 0 radical (unpaired) electrons. The Hall–Kier alpha value is -0.740. The van der Waals surface area contributed by atoms with E-state index in [1.165, 1.54) is 12.1 Å². The Balaban J connectivity index is 2.64. The molecular formula is C8H8ClNO2S. The van der Waals surface area contributed by atoms with E-state index in [1.54, 1.807) is 23.9 Å². The van der Waals surface area contributed by atoms with Gasteiger partial charge in [0.05, 0.1) is 10.1 Å². The SMILES string of the molecule is O=[N+]([O-])c1ccc(CSCCl)cc1. The van der Waals surface area contributed by atoms with Crippen molar-refractivity contribution in [2.75, 3.05) is 5.21 Å². The summed E-state index contributed by atoms with van der Waals surface area (Å²) in [5, 5.41) is 10.8. The van der Waals surface area contributed by atoms with Gasteiger partial charge in [-0.25, -0.2) is 0 Å². The van der Waals surface area contributed by atoms with Crippen molar-refractivity contribution in [1.82, 2.24) is 0 Å². The predicted molar refractivity (Wildman–Crippen MR) is 55.1 cm³/mol. The van der Waals surface area contributed by atoms with Crippen LogP contribution in [0.3, 0.4) is 0 Å². The maximum absolute atomic E-state index is 10.3. The Morgan fingerprint density at radius 1 is 1.38 bits per heavy atom. The summed E-state index contributed by atoms with van der Waals surface area (Å²) in [6.45, 7) is 0. The molecule has 3 nitrogen and oxygen atoms in total. The van der Waals surface area contributed by atoms with E-state index < -0.39 is 4.92 Å². The molecule has 0 saturated carbocycles. The number of nitro benzene ring substituents is 1. The van der Waals surface area contributed by atoms with E-state index >= 15 is 0 Å². The molecule has 13 heavy (non-hydrogen) atoms. The number of rotatable bonds is 4. The lowest BCUT2D eigenvalue weighted by molar-refractivity contribution is -0.384.